The molecule has 1 aromatic heterocycles. The van der Waals surface area contributed by atoms with E-state index in [1.807, 2.05) is 12.1 Å². The molecule has 0 bridgehead atoms. The molecule has 1 fully saturated rings. The number of amides is 1. The average Bonchev–Trinajstić information content (AvgIpc) is 3.45. The lowest BCUT2D eigenvalue weighted by molar-refractivity contribution is -0.126. The van der Waals surface area contributed by atoms with Crippen LogP contribution in [0.5, 0.6) is 0 Å². The standard InChI is InChI=1S/C24H31N3O3S2/c28-24(25-13-10-23-26-21-6-1-2-7-22(21)31-23)18-11-14-27(15-12-18)32(29,30)20-9-8-17-4-3-5-19(17)16-20/h8-9,16,18H,1-7,10-15H2,(H,25,28). The lowest BCUT2D eigenvalue weighted by Crippen LogP contribution is -2.43. The lowest BCUT2D eigenvalue weighted by atomic mass is 9.97. The molecule has 0 unspecified atom stereocenters. The summed E-state index contributed by atoms with van der Waals surface area (Å²) in [6, 6.07) is 5.57. The summed E-state index contributed by atoms with van der Waals surface area (Å²) in [7, 11) is -3.49. The molecule has 0 radical (unpaired) electrons. The minimum atomic E-state index is -3.49. The average molecular weight is 474 g/mol. The van der Waals surface area contributed by atoms with Crippen LogP contribution in [-0.4, -0.2) is 43.2 Å². The number of carbonyl (C=O) groups excluding carboxylic acids is 1. The van der Waals surface area contributed by atoms with Crippen molar-refractivity contribution in [3.63, 3.8) is 0 Å². The largest absolute Gasteiger partial charge is 0.355 e. The third-order valence-electron chi connectivity index (χ3n) is 7.06. The first kappa shape index (κ1) is 22.0. The molecule has 0 saturated carbocycles. The van der Waals surface area contributed by atoms with Gasteiger partial charge in [0, 0.05) is 36.9 Å². The van der Waals surface area contributed by atoms with Crippen molar-refractivity contribution in [2.24, 2.45) is 5.92 Å². The summed E-state index contributed by atoms with van der Waals surface area (Å²) >= 11 is 1.79. The monoisotopic (exact) mass is 473 g/mol. The topological polar surface area (TPSA) is 79.4 Å². The number of hydrogen-bond donors (Lipinski definition) is 1. The minimum absolute atomic E-state index is 0.0425. The number of thiazole rings is 1. The van der Waals surface area contributed by atoms with Gasteiger partial charge in [-0.3, -0.25) is 4.79 Å². The van der Waals surface area contributed by atoms with Crippen molar-refractivity contribution in [1.82, 2.24) is 14.6 Å². The molecule has 6 nitrogen and oxygen atoms in total. The van der Waals surface area contributed by atoms with Crippen molar-refractivity contribution in [2.75, 3.05) is 19.6 Å². The van der Waals surface area contributed by atoms with Crippen LogP contribution in [0.1, 0.15) is 58.8 Å². The molecule has 1 N–H and O–H groups in total. The first-order chi connectivity index (χ1) is 15.5. The van der Waals surface area contributed by atoms with Gasteiger partial charge >= 0.3 is 0 Å². The molecule has 1 aromatic carbocycles. The van der Waals surface area contributed by atoms with Crippen LogP contribution in [0.3, 0.4) is 0 Å². The number of aromatic nitrogens is 1. The van der Waals surface area contributed by atoms with Gasteiger partial charge in [-0.05, 0) is 81.0 Å². The Morgan fingerprint density at radius 3 is 2.66 bits per heavy atom. The normalized spacial score (nSPS) is 19.5. The summed E-state index contributed by atoms with van der Waals surface area (Å²) in [4.78, 5) is 19.2. The Kier molecular flexibility index (Phi) is 6.36. The molecule has 0 atom stereocenters. The van der Waals surface area contributed by atoms with Gasteiger partial charge in [-0.1, -0.05) is 6.07 Å². The second kappa shape index (κ2) is 9.23. The number of rotatable bonds is 6. The van der Waals surface area contributed by atoms with E-state index in [4.69, 9.17) is 4.98 Å². The smallest absolute Gasteiger partial charge is 0.243 e. The van der Waals surface area contributed by atoms with Crippen LogP contribution in [0.25, 0.3) is 0 Å². The Labute approximate surface area is 194 Å². The number of nitrogens with zero attached hydrogens (tertiary/aromatic N) is 2. The molecule has 2 heterocycles. The Bertz CT molecular complexity index is 1080. The lowest BCUT2D eigenvalue weighted by Gasteiger charge is -2.30. The second-order valence-corrected chi connectivity index (χ2v) is 12.3. The van der Waals surface area contributed by atoms with E-state index in [-0.39, 0.29) is 11.8 Å². The highest BCUT2D eigenvalue weighted by Gasteiger charge is 2.32. The maximum absolute atomic E-state index is 13.1. The van der Waals surface area contributed by atoms with Crippen LogP contribution in [0, 0.1) is 5.92 Å². The van der Waals surface area contributed by atoms with Crippen LogP contribution in [0.15, 0.2) is 23.1 Å². The fraction of sp³-hybridized carbons (Fsp3) is 0.583. The highest BCUT2D eigenvalue weighted by Crippen LogP contribution is 2.29. The maximum Gasteiger partial charge on any atom is 0.243 e. The molecule has 1 aliphatic heterocycles. The molecule has 32 heavy (non-hydrogen) atoms. The summed E-state index contributed by atoms with van der Waals surface area (Å²) in [6.07, 6.45) is 9.74. The molecule has 2 aromatic rings. The van der Waals surface area contributed by atoms with E-state index in [9.17, 15) is 13.2 Å². The zero-order valence-electron chi connectivity index (χ0n) is 18.4. The molecular weight excluding hydrogens is 442 g/mol. The van der Waals surface area contributed by atoms with Crippen LogP contribution in [0.2, 0.25) is 0 Å². The SMILES string of the molecule is O=C(NCCc1nc2c(s1)CCCC2)C1CCN(S(=O)(=O)c2ccc3c(c2)CCC3)CC1. The zero-order chi connectivity index (χ0) is 22.1. The molecule has 1 saturated heterocycles. The van der Waals surface area contributed by atoms with Gasteiger partial charge in [0.25, 0.3) is 0 Å². The number of nitrogens with one attached hydrogen (secondary N) is 1. The van der Waals surface area contributed by atoms with Crippen molar-refractivity contribution in [2.45, 2.75) is 69.1 Å². The number of carbonyl (C=O) groups is 1. The summed E-state index contributed by atoms with van der Waals surface area (Å²) in [6.45, 7) is 1.40. The molecular formula is C24H31N3O3S2. The van der Waals surface area contributed by atoms with Crippen molar-refractivity contribution in [3.8, 4) is 0 Å². The maximum atomic E-state index is 13.1. The van der Waals surface area contributed by atoms with Gasteiger partial charge in [0.2, 0.25) is 15.9 Å². The summed E-state index contributed by atoms with van der Waals surface area (Å²) in [5, 5.41) is 4.17. The number of aryl methyl sites for hydroxylation is 4. The molecule has 172 valence electrons. The Hall–Kier alpha value is -1.77. The predicted molar refractivity (Wildman–Crippen MR) is 125 cm³/mol. The molecule has 5 rings (SSSR count). The van der Waals surface area contributed by atoms with E-state index in [0.29, 0.717) is 37.4 Å². The number of fused-ring (bicyclic) bond motifs is 2. The van der Waals surface area contributed by atoms with E-state index in [0.717, 1.165) is 43.5 Å². The number of piperidine rings is 1. The fourth-order valence-corrected chi connectivity index (χ4v) is 7.84. The first-order valence-corrected chi connectivity index (χ1v) is 14.1. The molecule has 0 spiro atoms. The Morgan fingerprint density at radius 1 is 1.06 bits per heavy atom. The Balaban J connectivity index is 1.11. The third-order valence-corrected chi connectivity index (χ3v) is 10.2. The van der Waals surface area contributed by atoms with Gasteiger partial charge in [0.05, 0.1) is 15.6 Å². The van der Waals surface area contributed by atoms with E-state index >= 15 is 0 Å². The highest BCUT2D eigenvalue weighted by atomic mass is 32.2. The fourth-order valence-electron chi connectivity index (χ4n) is 5.17. The summed E-state index contributed by atoms with van der Waals surface area (Å²) in [5.41, 5.74) is 3.71. The highest BCUT2D eigenvalue weighted by molar-refractivity contribution is 7.89. The van der Waals surface area contributed by atoms with Crippen molar-refractivity contribution < 1.29 is 13.2 Å². The quantitative estimate of drug-likeness (QED) is 0.698. The Morgan fingerprint density at radius 2 is 1.84 bits per heavy atom. The van der Waals surface area contributed by atoms with Gasteiger partial charge in [-0.25, -0.2) is 13.4 Å². The van der Waals surface area contributed by atoms with E-state index < -0.39 is 10.0 Å². The van der Waals surface area contributed by atoms with Crippen LogP contribution in [0.4, 0.5) is 0 Å². The van der Waals surface area contributed by atoms with Gasteiger partial charge in [-0.2, -0.15) is 4.31 Å². The molecule has 3 aliphatic rings. The van der Waals surface area contributed by atoms with Crippen LogP contribution in [-0.2, 0) is 46.9 Å². The number of benzene rings is 1. The number of hydrogen-bond acceptors (Lipinski definition) is 5. The van der Waals surface area contributed by atoms with E-state index in [1.54, 1.807) is 21.7 Å². The third kappa shape index (κ3) is 4.50. The number of sulfonamides is 1. The molecule has 1 amide bonds. The zero-order valence-corrected chi connectivity index (χ0v) is 20.1. The first-order valence-electron chi connectivity index (χ1n) is 11.9. The van der Waals surface area contributed by atoms with Crippen molar-refractivity contribution in [1.29, 1.82) is 0 Å². The van der Waals surface area contributed by atoms with Gasteiger partial charge in [0.15, 0.2) is 0 Å². The van der Waals surface area contributed by atoms with E-state index in [2.05, 4.69) is 5.32 Å². The van der Waals surface area contributed by atoms with E-state index in [1.165, 1.54) is 34.5 Å². The molecule has 8 heteroatoms. The second-order valence-electron chi connectivity index (χ2n) is 9.19. The molecule has 2 aliphatic carbocycles. The van der Waals surface area contributed by atoms with Gasteiger partial charge < -0.3 is 5.32 Å². The van der Waals surface area contributed by atoms with Gasteiger partial charge in [0.1, 0.15) is 0 Å². The van der Waals surface area contributed by atoms with Gasteiger partial charge in [-0.15, -0.1) is 11.3 Å². The summed E-state index contributed by atoms with van der Waals surface area (Å²) in [5.74, 6) is -0.0770. The van der Waals surface area contributed by atoms with Crippen LogP contribution < -0.4 is 5.32 Å². The minimum Gasteiger partial charge on any atom is -0.355 e. The van der Waals surface area contributed by atoms with Crippen molar-refractivity contribution in [3.05, 3.63) is 44.9 Å². The van der Waals surface area contributed by atoms with Crippen LogP contribution >= 0.6 is 11.3 Å². The summed E-state index contributed by atoms with van der Waals surface area (Å²) < 4.78 is 27.7. The van der Waals surface area contributed by atoms with Crippen molar-refractivity contribution >= 4 is 27.3 Å². The predicted octanol–water partition coefficient (Wildman–Crippen LogP) is 3.27.